The summed E-state index contributed by atoms with van der Waals surface area (Å²) in [7, 11) is 0. The SMILES string of the molecule is C=NC(=C)/C(F)=C\C[C@H](C(C)Cl)n1cc(C(=O)O)c(C#N)n1. The van der Waals surface area contributed by atoms with E-state index in [9.17, 15) is 9.18 Å². The maximum atomic E-state index is 13.6. The number of aliphatic imine (C=N–C) groups is 1. The number of halogens is 2. The van der Waals surface area contributed by atoms with Gasteiger partial charge in [-0.2, -0.15) is 10.4 Å². The molecule has 1 unspecified atom stereocenters. The van der Waals surface area contributed by atoms with Gasteiger partial charge in [0.15, 0.2) is 5.69 Å². The van der Waals surface area contributed by atoms with Gasteiger partial charge in [-0.1, -0.05) is 6.58 Å². The summed E-state index contributed by atoms with van der Waals surface area (Å²) in [5.74, 6) is -1.92. The fourth-order valence-corrected chi connectivity index (χ4v) is 1.94. The molecule has 6 nitrogen and oxygen atoms in total. The Balaban J connectivity index is 3.12. The largest absolute Gasteiger partial charge is 0.478 e. The van der Waals surface area contributed by atoms with Crippen LogP contribution in [0.25, 0.3) is 0 Å². The molecule has 8 heteroatoms. The van der Waals surface area contributed by atoms with Crippen molar-refractivity contribution in [2.75, 3.05) is 0 Å². The molecule has 22 heavy (non-hydrogen) atoms. The molecule has 0 spiro atoms. The molecule has 0 aliphatic heterocycles. The minimum Gasteiger partial charge on any atom is -0.478 e. The highest BCUT2D eigenvalue weighted by Gasteiger charge is 2.22. The summed E-state index contributed by atoms with van der Waals surface area (Å²) in [6.45, 7) is 8.21. The molecule has 0 aromatic carbocycles. The third-order valence-corrected chi connectivity index (χ3v) is 3.23. The predicted octanol–water partition coefficient (Wildman–Crippen LogP) is 3.08. The zero-order valence-corrected chi connectivity index (χ0v) is 12.6. The standard InChI is InChI=1S/C14H14ClFN4O2/c1-8(15)13(5-4-11(16)9(2)18-3)20-7-10(14(21)22)12(6-17)19-20/h4,7-8,13H,2-3,5H2,1H3,(H,21,22)/b11-4+/t8?,13-/m1/s1. The van der Waals surface area contributed by atoms with Crippen molar-refractivity contribution in [3.05, 3.63) is 41.6 Å². The summed E-state index contributed by atoms with van der Waals surface area (Å²) in [5, 5.41) is 21.3. The zero-order chi connectivity index (χ0) is 16.9. The van der Waals surface area contributed by atoms with Crippen LogP contribution < -0.4 is 0 Å². The van der Waals surface area contributed by atoms with E-state index < -0.39 is 23.2 Å². The first-order valence-electron chi connectivity index (χ1n) is 6.20. The number of nitrogens with zero attached hydrogens (tertiary/aromatic N) is 4. The van der Waals surface area contributed by atoms with Crippen molar-refractivity contribution in [2.45, 2.75) is 24.8 Å². The molecule has 0 fully saturated rings. The summed E-state index contributed by atoms with van der Waals surface area (Å²) in [6.07, 6.45) is 2.54. The zero-order valence-electron chi connectivity index (χ0n) is 11.8. The second kappa shape index (κ2) is 7.52. The molecule has 116 valence electrons. The van der Waals surface area contributed by atoms with E-state index in [1.807, 2.05) is 0 Å². The topological polar surface area (TPSA) is 91.3 Å². The first-order chi connectivity index (χ1) is 10.3. The monoisotopic (exact) mass is 324 g/mol. The van der Waals surface area contributed by atoms with Crippen LogP contribution in [0.4, 0.5) is 4.39 Å². The van der Waals surface area contributed by atoms with E-state index in [1.165, 1.54) is 17.0 Å². The number of carboxylic acids is 1. The lowest BCUT2D eigenvalue weighted by atomic mass is 10.1. The van der Waals surface area contributed by atoms with Gasteiger partial charge in [0.2, 0.25) is 0 Å². The minimum atomic E-state index is -1.27. The van der Waals surface area contributed by atoms with Crippen LogP contribution in [0.1, 0.15) is 35.4 Å². The Morgan fingerprint density at radius 1 is 1.77 bits per heavy atom. The van der Waals surface area contributed by atoms with Gasteiger partial charge in [-0.3, -0.25) is 9.67 Å². The van der Waals surface area contributed by atoms with E-state index in [2.05, 4.69) is 23.4 Å². The van der Waals surface area contributed by atoms with Crippen molar-refractivity contribution < 1.29 is 14.3 Å². The highest BCUT2D eigenvalue weighted by Crippen LogP contribution is 2.24. The van der Waals surface area contributed by atoms with Gasteiger partial charge in [0, 0.05) is 6.20 Å². The Bertz CT molecular complexity index is 673. The lowest BCUT2D eigenvalue weighted by Gasteiger charge is -2.18. The molecule has 1 aromatic rings. The third-order valence-electron chi connectivity index (χ3n) is 2.94. The molecule has 0 bridgehead atoms. The summed E-state index contributed by atoms with van der Waals surface area (Å²) in [5.41, 5.74) is -0.562. The average molecular weight is 325 g/mol. The fourth-order valence-electron chi connectivity index (χ4n) is 1.72. The van der Waals surface area contributed by atoms with Crippen LogP contribution in [0.15, 0.2) is 35.4 Å². The van der Waals surface area contributed by atoms with E-state index in [4.69, 9.17) is 22.0 Å². The van der Waals surface area contributed by atoms with Crippen LogP contribution in [0.5, 0.6) is 0 Å². The number of allylic oxidation sites excluding steroid dienone is 2. The van der Waals surface area contributed by atoms with Crippen LogP contribution >= 0.6 is 11.6 Å². The molecule has 0 saturated heterocycles. The summed E-state index contributed by atoms with van der Waals surface area (Å²) >= 11 is 6.06. The number of rotatable bonds is 7. The van der Waals surface area contributed by atoms with Gasteiger partial charge in [0.05, 0.1) is 17.1 Å². The van der Waals surface area contributed by atoms with E-state index in [-0.39, 0.29) is 23.4 Å². The first-order valence-corrected chi connectivity index (χ1v) is 6.63. The van der Waals surface area contributed by atoms with Gasteiger partial charge < -0.3 is 5.11 Å². The highest BCUT2D eigenvalue weighted by atomic mass is 35.5. The number of carbonyl (C=O) groups is 1. The van der Waals surface area contributed by atoms with E-state index in [1.54, 1.807) is 13.0 Å². The molecular weight excluding hydrogens is 311 g/mol. The molecule has 0 radical (unpaired) electrons. The maximum absolute atomic E-state index is 13.6. The van der Waals surface area contributed by atoms with Gasteiger partial charge >= 0.3 is 5.97 Å². The Labute approximate surface area is 131 Å². The number of hydrogen-bond donors (Lipinski definition) is 1. The number of carboxylic acid groups (broad SMARTS) is 1. The number of nitriles is 1. The lowest BCUT2D eigenvalue weighted by molar-refractivity contribution is 0.0696. The van der Waals surface area contributed by atoms with E-state index in [0.717, 1.165) is 0 Å². The predicted molar refractivity (Wildman–Crippen MR) is 80.8 cm³/mol. The third kappa shape index (κ3) is 4.02. The Kier molecular flexibility index (Phi) is 6.01. The fraction of sp³-hybridized carbons (Fsp3) is 0.286. The van der Waals surface area contributed by atoms with Gasteiger partial charge in [-0.05, 0) is 26.1 Å². The van der Waals surface area contributed by atoms with E-state index in [0.29, 0.717) is 0 Å². The van der Waals surface area contributed by atoms with Crippen molar-refractivity contribution >= 4 is 24.3 Å². The van der Waals surface area contributed by atoms with Crippen LogP contribution in [0.2, 0.25) is 0 Å². The molecule has 0 aliphatic carbocycles. The molecule has 1 N–H and O–H groups in total. The smallest absolute Gasteiger partial charge is 0.340 e. The van der Waals surface area contributed by atoms with Crippen molar-refractivity contribution in [3.8, 4) is 6.07 Å². The second-order valence-corrected chi connectivity index (χ2v) is 5.11. The molecule has 1 heterocycles. The quantitative estimate of drug-likeness (QED) is 0.474. The lowest BCUT2D eigenvalue weighted by Crippen LogP contribution is -2.17. The summed E-state index contributed by atoms with van der Waals surface area (Å²) < 4.78 is 14.9. The van der Waals surface area contributed by atoms with Crippen molar-refractivity contribution in [1.29, 1.82) is 5.26 Å². The van der Waals surface area contributed by atoms with Crippen LogP contribution in [0, 0.1) is 11.3 Å². The van der Waals surface area contributed by atoms with Crippen molar-refractivity contribution in [2.24, 2.45) is 4.99 Å². The van der Waals surface area contributed by atoms with Crippen LogP contribution in [-0.2, 0) is 0 Å². The van der Waals surface area contributed by atoms with Crippen molar-refractivity contribution in [3.63, 3.8) is 0 Å². The average Bonchev–Trinajstić information content (AvgIpc) is 2.90. The Hall–Kier alpha value is -2.46. The van der Waals surface area contributed by atoms with Gasteiger partial charge in [0.25, 0.3) is 0 Å². The number of aromatic nitrogens is 2. The van der Waals surface area contributed by atoms with Gasteiger partial charge in [-0.15, -0.1) is 11.6 Å². The normalized spacial score (nSPS) is 14.0. The van der Waals surface area contributed by atoms with Gasteiger partial charge in [-0.25, -0.2) is 9.18 Å². The Morgan fingerprint density at radius 2 is 2.41 bits per heavy atom. The molecule has 0 saturated carbocycles. The first kappa shape index (κ1) is 17.6. The Morgan fingerprint density at radius 3 is 2.82 bits per heavy atom. The number of alkyl halides is 1. The molecular formula is C14H14ClFN4O2. The second-order valence-electron chi connectivity index (χ2n) is 4.43. The minimum absolute atomic E-state index is 0.106. The molecule has 0 amide bonds. The number of aromatic carboxylic acids is 1. The van der Waals surface area contributed by atoms with Crippen LogP contribution in [-0.4, -0.2) is 33.0 Å². The summed E-state index contributed by atoms with van der Waals surface area (Å²) in [4.78, 5) is 14.4. The molecule has 2 atom stereocenters. The highest BCUT2D eigenvalue weighted by molar-refractivity contribution is 6.20. The van der Waals surface area contributed by atoms with E-state index >= 15 is 0 Å². The number of hydrogen-bond acceptors (Lipinski definition) is 4. The molecule has 0 aliphatic rings. The maximum Gasteiger partial charge on any atom is 0.340 e. The van der Waals surface area contributed by atoms with Gasteiger partial charge in [0.1, 0.15) is 17.5 Å². The molecule has 1 aromatic heterocycles. The van der Waals surface area contributed by atoms with Crippen molar-refractivity contribution in [1.82, 2.24) is 9.78 Å². The van der Waals surface area contributed by atoms with Crippen LogP contribution in [0.3, 0.4) is 0 Å². The summed E-state index contributed by atoms with van der Waals surface area (Å²) in [6, 6.07) is 1.16. The molecule has 1 rings (SSSR count).